The fraction of sp³-hybridized carbons (Fsp3) is 0.421. The van der Waals surface area contributed by atoms with Gasteiger partial charge in [-0.25, -0.2) is 8.42 Å². The van der Waals surface area contributed by atoms with E-state index in [1.54, 1.807) is 42.2 Å². The van der Waals surface area contributed by atoms with E-state index in [1.807, 2.05) is 6.92 Å². The highest BCUT2D eigenvalue weighted by Gasteiger charge is 2.37. The minimum Gasteiger partial charge on any atom is -0.481 e. The Morgan fingerprint density at radius 1 is 1.41 bits per heavy atom. The number of carbonyl (C=O) groups excluding carboxylic acids is 1. The zero-order valence-corrected chi connectivity index (χ0v) is 16.8. The standard InChI is InChI=1S/C19H22ClNO5S/c1-13-10-16(5-6-18(13)20)26-14(2)19(22)21(11-17-4-3-8-25-17)15-7-9-27(23,24)12-15/h3-6,8,10,14-15H,7,9,11-12H2,1-2H3/t14-,15+/m1/s1. The number of ether oxygens (including phenoxy) is 1. The summed E-state index contributed by atoms with van der Waals surface area (Å²) in [5.74, 6) is 0.912. The van der Waals surface area contributed by atoms with Crippen LogP contribution < -0.4 is 4.74 Å². The maximum Gasteiger partial charge on any atom is 0.264 e. The van der Waals surface area contributed by atoms with Gasteiger partial charge in [-0.2, -0.15) is 0 Å². The Kier molecular flexibility index (Phi) is 5.81. The van der Waals surface area contributed by atoms with Crippen molar-refractivity contribution in [2.45, 2.75) is 39.0 Å². The summed E-state index contributed by atoms with van der Waals surface area (Å²) in [6.45, 7) is 3.72. The van der Waals surface area contributed by atoms with Gasteiger partial charge in [-0.1, -0.05) is 11.6 Å². The molecule has 1 aromatic heterocycles. The van der Waals surface area contributed by atoms with Gasteiger partial charge in [0.05, 0.1) is 24.3 Å². The smallest absolute Gasteiger partial charge is 0.264 e. The van der Waals surface area contributed by atoms with E-state index in [0.29, 0.717) is 23.0 Å². The van der Waals surface area contributed by atoms with Crippen molar-refractivity contribution >= 4 is 27.3 Å². The first-order valence-electron chi connectivity index (χ1n) is 8.71. The third-order valence-electron chi connectivity index (χ3n) is 4.63. The number of halogens is 1. The van der Waals surface area contributed by atoms with Gasteiger partial charge in [0.25, 0.3) is 5.91 Å². The minimum atomic E-state index is -3.13. The summed E-state index contributed by atoms with van der Waals surface area (Å²) in [5, 5.41) is 0.622. The zero-order chi connectivity index (χ0) is 19.6. The van der Waals surface area contributed by atoms with E-state index >= 15 is 0 Å². The lowest BCUT2D eigenvalue weighted by molar-refractivity contribution is -0.140. The first-order valence-corrected chi connectivity index (χ1v) is 10.9. The van der Waals surface area contributed by atoms with Gasteiger partial charge in [-0.15, -0.1) is 0 Å². The quantitative estimate of drug-likeness (QED) is 0.729. The number of aryl methyl sites for hydroxylation is 1. The number of benzene rings is 1. The first kappa shape index (κ1) is 19.8. The molecule has 27 heavy (non-hydrogen) atoms. The average Bonchev–Trinajstić information content (AvgIpc) is 3.24. The van der Waals surface area contributed by atoms with Gasteiger partial charge in [-0.3, -0.25) is 4.79 Å². The lowest BCUT2D eigenvalue weighted by atomic mass is 10.2. The van der Waals surface area contributed by atoms with E-state index in [4.69, 9.17) is 20.8 Å². The van der Waals surface area contributed by atoms with Crippen LogP contribution in [-0.4, -0.2) is 42.9 Å². The number of carbonyl (C=O) groups is 1. The molecule has 8 heteroatoms. The summed E-state index contributed by atoms with van der Waals surface area (Å²) in [6, 6.07) is 8.30. The molecule has 0 N–H and O–H groups in total. The average molecular weight is 412 g/mol. The Balaban J connectivity index is 1.77. The van der Waals surface area contributed by atoms with Crippen LogP contribution in [0.1, 0.15) is 24.7 Å². The van der Waals surface area contributed by atoms with Crippen molar-refractivity contribution in [1.29, 1.82) is 0 Å². The number of nitrogens with zero attached hydrogens (tertiary/aromatic N) is 1. The van der Waals surface area contributed by atoms with Crippen molar-refractivity contribution in [3.05, 3.63) is 52.9 Å². The van der Waals surface area contributed by atoms with E-state index in [-0.39, 0.29) is 30.0 Å². The number of hydrogen-bond donors (Lipinski definition) is 0. The van der Waals surface area contributed by atoms with E-state index in [9.17, 15) is 13.2 Å². The monoisotopic (exact) mass is 411 g/mol. The van der Waals surface area contributed by atoms with Crippen LogP contribution in [-0.2, 0) is 21.2 Å². The molecule has 1 saturated heterocycles. The molecule has 0 aliphatic carbocycles. The summed E-state index contributed by atoms with van der Waals surface area (Å²) < 4.78 is 34.9. The van der Waals surface area contributed by atoms with Gasteiger partial charge in [0.15, 0.2) is 15.9 Å². The molecule has 1 aliphatic rings. The van der Waals surface area contributed by atoms with Gasteiger partial charge in [0.1, 0.15) is 11.5 Å². The molecule has 2 aromatic rings. The van der Waals surface area contributed by atoms with Crippen molar-refractivity contribution in [3.63, 3.8) is 0 Å². The minimum absolute atomic E-state index is 0.0355. The summed E-state index contributed by atoms with van der Waals surface area (Å²) >= 11 is 6.02. The fourth-order valence-electron chi connectivity index (χ4n) is 3.16. The maximum absolute atomic E-state index is 13.1. The molecular formula is C19H22ClNO5S. The van der Waals surface area contributed by atoms with Crippen molar-refractivity contribution in [2.75, 3.05) is 11.5 Å². The number of rotatable bonds is 6. The molecule has 1 aliphatic heterocycles. The second-order valence-electron chi connectivity index (χ2n) is 6.77. The molecule has 1 amide bonds. The highest BCUT2D eigenvalue weighted by Crippen LogP contribution is 2.24. The fourth-order valence-corrected chi connectivity index (χ4v) is 5.01. The second-order valence-corrected chi connectivity index (χ2v) is 9.41. The highest BCUT2D eigenvalue weighted by atomic mass is 35.5. The van der Waals surface area contributed by atoms with Crippen LogP contribution in [0, 0.1) is 6.92 Å². The van der Waals surface area contributed by atoms with Crippen LogP contribution in [0.5, 0.6) is 5.75 Å². The maximum atomic E-state index is 13.1. The Morgan fingerprint density at radius 2 is 2.19 bits per heavy atom. The van der Waals surface area contributed by atoms with Crippen molar-refractivity contribution < 1.29 is 22.4 Å². The summed E-state index contributed by atoms with van der Waals surface area (Å²) in [4.78, 5) is 14.6. The van der Waals surface area contributed by atoms with Crippen molar-refractivity contribution in [3.8, 4) is 5.75 Å². The third kappa shape index (κ3) is 4.84. The number of furan rings is 1. The van der Waals surface area contributed by atoms with E-state index in [0.717, 1.165) is 5.56 Å². The topological polar surface area (TPSA) is 76.8 Å². The molecule has 6 nitrogen and oxygen atoms in total. The van der Waals surface area contributed by atoms with Crippen LogP contribution in [0.2, 0.25) is 5.02 Å². The molecule has 0 unspecified atom stereocenters. The molecule has 1 fully saturated rings. The molecule has 0 radical (unpaired) electrons. The van der Waals surface area contributed by atoms with Crippen LogP contribution in [0.3, 0.4) is 0 Å². The van der Waals surface area contributed by atoms with Gasteiger partial charge in [0.2, 0.25) is 0 Å². The first-order chi connectivity index (χ1) is 12.7. The van der Waals surface area contributed by atoms with E-state index < -0.39 is 15.9 Å². The highest BCUT2D eigenvalue weighted by molar-refractivity contribution is 7.91. The Bertz CT molecular complexity index is 910. The van der Waals surface area contributed by atoms with Gasteiger partial charge in [0, 0.05) is 11.1 Å². The molecule has 0 spiro atoms. The largest absolute Gasteiger partial charge is 0.481 e. The third-order valence-corrected chi connectivity index (χ3v) is 6.80. The number of hydrogen-bond acceptors (Lipinski definition) is 5. The predicted molar refractivity (Wildman–Crippen MR) is 103 cm³/mol. The summed E-state index contributed by atoms with van der Waals surface area (Å²) in [5.41, 5.74) is 0.850. The molecule has 1 aromatic carbocycles. The molecular weight excluding hydrogens is 390 g/mol. The van der Waals surface area contributed by atoms with Crippen LogP contribution >= 0.6 is 11.6 Å². The van der Waals surface area contributed by atoms with E-state index in [1.165, 1.54) is 6.26 Å². The number of amides is 1. The molecule has 146 valence electrons. The lowest BCUT2D eigenvalue weighted by Gasteiger charge is -2.30. The van der Waals surface area contributed by atoms with Crippen LogP contribution in [0.25, 0.3) is 0 Å². The van der Waals surface area contributed by atoms with E-state index in [2.05, 4.69) is 0 Å². The van der Waals surface area contributed by atoms with Crippen LogP contribution in [0.15, 0.2) is 41.0 Å². The van der Waals surface area contributed by atoms with Gasteiger partial charge < -0.3 is 14.1 Å². The van der Waals surface area contributed by atoms with Crippen LogP contribution in [0.4, 0.5) is 0 Å². The van der Waals surface area contributed by atoms with Gasteiger partial charge >= 0.3 is 0 Å². The molecule has 2 heterocycles. The molecule has 3 rings (SSSR count). The molecule has 2 atom stereocenters. The molecule has 0 bridgehead atoms. The van der Waals surface area contributed by atoms with Crippen molar-refractivity contribution in [1.82, 2.24) is 4.90 Å². The Morgan fingerprint density at radius 3 is 2.78 bits per heavy atom. The SMILES string of the molecule is Cc1cc(O[C@H](C)C(=O)N(Cc2ccco2)[C@H]2CCS(=O)(=O)C2)ccc1Cl. The Hall–Kier alpha value is -1.99. The number of sulfone groups is 1. The Labute approximate surface area is 164 Å². The zero-order valence-electron chi connectivity index (χ0n) is 15.2. The summed E-state index contributed by atoms with van der Waals surface area (Å²) in [6.07, 6.45) is 1.17. The molecule has 0 saturated carbocycles. The van der Waals surface area contributed by atoms with Gasteiger partial charge in [-0.05, 0) is 56.2 Å². The van der Waals surface area contributed by atoms with Crippen molar-refractivity contribution in [2.24, 2.45) is 0 Å². The normalized spacial score (nSPS) is 19.6. The second kappa shape index (κ2) is 7.94. The predicted octanol–water partition coefficient (Wildman–Crippen LogP) is 3.22. The lowest BCUT2D eigenvalue weighted by Crippen LogP contribution is -2.46. The summed E-state index contributed by atoms with van der Waals surface area (Å²) in [7, 11) is -3.13.